The molecule has 16 heavy (non-hydrogen) atoms. The van der Waals surface area contributed by atoms with Crippen LogP contribution in [0.15, 0.2) is 12.1 Å². The number of hydrogen-bond acceptors (Lipinski definition) is 4. The molecule has 0 amide bonds. The maximum atomic E-state index is 13.0. The topological polar surface area (TPSA) is 98.0 Å². The molecule has 88 valence electrons. The highest BCUT2D eigenvalue weighted by Gasteiger charge is 2.28. The van der Waals surface area contributed by atoms with Crippen LogP contribution >= 0.6 is 11.6 Å². The van der Waals surface area contributed by atoms with E-state index >= 15 is 0 Å². The Bertz CT molecular complexity index is 423. The number of benzene rings is 1. The maximum Gasteiger partial charge on any atom is 0.335 e. The van der Waals surface area contributed by atoms with Crippen molar-refractivity contribution in [2.45, 2.75) is 12.2 Å². The number of aliphatic hydroxyl groups excluding tert-OH is 2. The van der Waals surface area contributed by atoms with Crippen LogP contribution < -0.4 is 0 Å². The molecule has 7 heteroatoms. The minimum Gasteiger partial charge on any atom is -0.505 e. The summed E-state index contributed by atoms with van der Waals surface area (Å²) in [6.45, 7) is 0. The number of rotatable bonds is 3. The van der Waals surface area contributed by atoms with Crippen molar-refractivity contribution >= 4 is 17.6 Å². The van der Waals surface area contributed by atoms with Crippen molar-refractivity contribution < 1.29 is 29.6 Å². The molecule has 2 atom stereocenters. The summed E-state index contributed by atoms with van der Waals surface area (Å²) >= 11 is 5.46. The molecule has 0 fully saturated rings. The van der Waals surface area contributed by atoms with Crippen molar-refractivity contribution in [1.29, 1.82) is 0 Å². The molecule has 1 aromatic rings. The van der Waals surface area contributed by atoms with E-state index in [-0.39, 0.29) is 5.02 Å². The van der Waals surface area contributed by atoms with Gasteiger partial charge in [0.15, 0.2) is 17.7 Å². The number of carboxylic acids is 1. The lowest BCUT2D eigenvalue weighted by Crippen LogP contribution is -2.27. The lowest BCUT2D eigenvalue weighted by atomic mass is 10.0. The number of carbonyl (C=O) groups is 1. The van der Waals surface area contributed by atoms with Crippen molar-refractivity contribution in [3.63, 3.8) is 0 Å². The van der Waals surface area contributed by atoms with Crippen LogP contribution in [-0.2, 0) is 4.79 Å². The van der Waals surface area contributed by atoms with Gasteiger partial charge in [-0.25, -0.2) is 9.18 Å². The molecule has 0 spiro atoms. The van der Waals surface area contributed by atoms with Gasteiger partial charge in [0.25, 0.3) is 0 Å². The molecule has 4 N–H and O–H groups in total. The Balaban J connectivity index is 3.17. The van der Waals surface area contributed by atoms with Gasteiger partial charge in [-0.15, -0.1) is 0 Å². The van der Waals surface area contributed by atoms with E-state index in [2.05, 4.69) is 0 Å². The summed E-state index contributed by atoms with van der Waals surface area (Å²) in [5.74, 6) is -3.76. The van der Waals surface area contributed by atoms with Crippen molar-refractivity contribution in [2.75, 3.05) is 0 Å². The highest BCUT2D eigenvalue weighted by molar-refractivity contribution is 6.30. The van der Waals surface area contributed by atoms with Gasteiger partial charge in [-0.1, -0.05) is 11.6 Å². The normalized spacial score (nSPS) is 14.5. The van der Waals surface area contributed by atoms with Gasteiger partial charge in [0, 0.05) is 10.6 Å². The minimum atomic E-state index is -2.18. The smallest absolute Gasteiger partial charge is 0.335 e. The summed E-state index contributed by atoms with van der Waals surface area (Å²) in [6.07, 6.45) is -4.14. The number of carboxylic acid groups (broad SMARTS) is 1. The fourth-order valence-corrected chi connectivity index (χ4v) is 1.33. The molecule has 0 heterocycles. The summed E-state index contributed by atoms with van der Waals surface area (Å²) in [6, 6.07) is 1.76. The van der Waals surface area contributed by atoms with Crippen molar-refractivity contribution in [3.8, 4) is 5.75 Å². The van der Waals surface area contributed by atoms with Gasteiger partial charge < -0.3 is 20.4 Å². The maximum absolute atomic E-state index is 13.0. The van der Waals surface area contributed by atoms with Crippen molar-refractivity contribution in [1.82, 2.24) is 0 Å². The summed E-state index contributed by atoms with van der Waals surface area (Å²) in [4.78, 5) is 10.4. The number of phenols is 1. The third kappa shape index (κ3) is 2.41. The molecule has 0 aliphatic heterocycles. The summed E-state index contributed by atoms with van der Waals surface area (Å²) in [5, 5.41) is 35.9. The Morgan fingerprint density at radius 1 is 1.38 bits per heavy atom. The number of aliphatic carboxylic acids is 1. The highest BCUT2D eigenvalue weighted by Crippen LogP contribution is 2.32. The van der Waals surface area contributed by atoms with Gasteiger partial charge >= 0.3 is 5.97 Å². The zero-order valence-electron chi connectivity index (χ0n) is 7.76. The van der Waals surface area contributed by atoms with Crippen LogP contribution in [0.25, 0.3) is 0 Å². The molecule has 1 aromatic carbocycles. The number of halogens is 2. The second kappa shape index (κ2) is 4.65. The fraction of sp³-hybridized carbons (Fsp3) is 0.222. The van der Waals surface area contributed by atoms with E-state index in [9.17, 15) is 19.4 Å². The van der Waals surface area contributed by atoms with Crippen molar-refractivity contribution in [2.24, 2.45) is 0 Å². The Hall–Kier alpha value is -1.37. The number of aromatic hydroxyl groups is 1. The fourth-order valence-electron chi connectivity index (χ4n) is 1.12. The largest absolute Gasteiger partial charge is 0.505 e. The number of aliphatic hydroxyl groups is 2. The SMILES string of the molecule is O=C(O)C(O)C(O)c1cc(Cl)cc(F)c1O. The van der Waals surface area contributed by atoms with Gasteiger partial charge in [-0.05, 0) is 12.1 Å². The molecule has 2 unspecified atom stereocenters. The molecular weight excluding hydrogens is 243 g/mol. The van der Waals surface area contributed by atoms with E-state index in [1.54, 1.807) is 0 Å². The molecule has 0 aromatic heterocycles. The third-order valence-corrected chi connectivity index (χ3v) is 2.15. The highest BCUT2D eigenvalue weighted by atomic mass is 35.5. The number of hydrogen-bond donors (Lipinski definition) is 4. The van der Waals surface area contributed by atoms with Gasteiger partial charge in [0.1, 0.15) is 6.10 Å². The monoisotopic (exact) mass is 250 g/mol. The second-order valence-electron chi connectivity index (χ2n) is 3.05. The lowest BCUT2D eigenvalue weighted by molar-refractivity contribution is -0.153. The molecule has 0 aliphatic carbocycles. The number of phenolic OH excluding ortho intramolecular Hbond substituents is 1. The Morgan fingerprint density at radius 3 is 2.44 bits per heavy atom. The predicted molar refractivity (Wildman–Crippen MR) is 51.7 cm³/mol. The Morgan fingerprint density at radius 2 is 1.94 bits per heavy atom. The standard InChI is InChI=1S/C9H8ClFO5/c10-3-1-4(6(12)5(11)2-3)7(13)8(14)9(15)16/h1-2,7-8,12-14H,(H,15,16). The zero-order valence-corrected chi connectivity index (χ0v) is 8.52. The molecular formula is C9H8ClFO5. The molecule has 0 radical (unpaired) electrons. The molecule has 0 saturated carbocycles. The van der Waals surface area contributed by atoms with Crippen LogP contribution in [-0.4, -0.2) is 32.5 Å². The average Bonchev–Trinajstić information content (AvgIpc) is 2.21. The first-order valence-electron chi connectivity index (χ1n) is 4.11. The van der Waals surface area contributed by atoms with Crippen molar-refractivity contribution in [3.05, 3.63) is 28.5 Å². The zero-order chi connectivity index (χ0) is 12.5. The van der Waals surface area contributed by atoms with Crippen LogP contribution in [0.5, 0.6) is 5.75 Å². The first kappa shape index (κ1) is 12.7. The van der Waals surface area contributed by atoms with Gasteiger partial charge in [0.2, 0.25) is 0 Å². The van der Waals surface area contributed by atoms with Gasteiger partial charge in [-0.2, -0.15) is 0 Å². The van der Waals surface area contributed by atoms with Crippen LogP contribution in [0.3, 0.4) is 0 Å². The molecule has 5 nitrogen and oxygen atoms in total. The summed E-state index contributed by atoms with van der Waals surface area (Å²) in [7, 11) is 0. The molecule has 1 rings (SSSR count). The second-order valence-corrected chi connectivity index (χ2v) is 3.49. The summed E-state index contributed by atoms with van der Waals surface area (Å²) in [5.41, 5.74) is -0.486. The minimum absolute atomic E-state index is 0.137. The predicted octanol–water partition coefficient (Wildman–Crippen LogP) is 0.664. The summed E-state index contributed by atoms with van der Waals surface area (Å²) < 4.78 is 13.0. The van der Waals surface area contributed by atoms with E-state index in [1.165, 1.54) is 0 Å². The average molecular weight is 251 g/mol. The Kier molecular flexibility index (Phi) is 3.69. The van der Waals surface area contributed by atoms with Crippen LogP contribution in [0.2, 0.25) is 5.02 Å². The first-order valence-corrected chi connectivity index (χ1v) is 4.49. The molecule has 0 aliphatic rings. The van der Waals surface area contributed by atoms with Crippen LogP contribution in [0.4, 0.5) is 4.39 Å². The Labute approximate surface area is 94.3 Å². The quantitative estimate of drug-likeness (QED) is 0.632. The van der Waals surface area contributed by atoms with E-state index in [0.717, 1.165) is 12.1 Å². The molecule has 0 saturated heterocycles. The lowest BCUT2D eigenvalue weighted by Gasteiger charge is -2.16. The van der Waals surface area contributed by atoms with E-state index in [0.29, 0.717) is 0 Å². The van der Waals surface area contributed by atoms with Gasteiger partial charge in [-0.3, -0.25) is 0 Å². The third-order valence-electron chi connectivity index (χ3n) is 1.93. The van der Waals surface area contributed by atoms with E-state index < -0.39 is 35.3 Å². The van der Waals surface area contributed by atoms with Crippen LogP contribution in [0, 0.1) is 5.82 Å². The first-order chi connectivity index (χ1) is 7.34. The molecule has 0 bridgehead atoms. The van der Waals surface area contributed by atoms with Crippen LogP contribution in [0.1, 0.15) is 11.7 Å². The van der Waals surface area contributed by atoms with E-state index in [4.69, 9.17) is 21.8 Å². The van der Waals surface area contributed by atoms with Gasteiger partial charge in [0.05, 0.1) is 0 Å². The van der Waals surface area contributed by atoms with E-state index in [1.807, 2.05) is 0 Å².